The standard InChI is InChI=1S/C24H30N2O5/c1-29-20-10-9-17(15-21(20)30-2)16-26-13-11-19(12-14-26)23(27)25-22(24(28)31-3)18-7-5-4-6-8-18/h4-10,15,19,22H,11-14,16H2,1-3H3,(H,25,27). The van der Waals surface area contributed by atoms with E-state index in [0.29, 0.717) is 17.1 Å². The smallest absolute Gasteiger partial charge is 0.333 e. The van der Waals surface area contributed by atoms with E-state index in [4.69, 9.17) is 14.2 Å². The maximum atomic E-state index is 12.9. The van der Waals surface area contributed by atoms with Gasteiger partial charge in [-0.15, -0.1) is 0 Å². The van der Waals surface area contributed by atoms with Crippen LogP contribution in [0.5, 0.6) is 11.5 Å². The van der Waals surface area contributed by atoms with Gasteiger partial charge in [0.05, 0.1) is 21.3 Å². The Morgan fingerprint density at radius 3 is 2.29 bits per heavy atom. The largest absolute Gasteiger partial charge is 0.493 e. The van der Waals surface area contributed by atoms with E-state index in [9.17, 15) is 9.59 Å². The molecule has 0 aromatic heterocycles. The van der Waals surface area contributed by atoms with Gasteiger partial charge in [-0.2, -0.15) is 0 Å². The second kappa shape index (κ2) is 10.8. The van der Waals surface area contributed by atoms with E-state index in [2.05, 4.69) is 10.2 Å². The van der Waals surface area contributed by atoms with Crippen LogP contribution in [-0.4, -0.2) is 51.2 Å². The highest BCUT2D eigenvalue weighted by Crippen LogP contribution is 2.29. The van der Waals surface area contributed by atoms with Gasteiger partial charge in [0.2, 0.25) is 5.91 Å². The quantitative estimate of drug-likeness (QED) is 0.654. The zero-order chi connectivity index (χ0) is 22.2. The maximum Gasteiger partial charge on any atom is 0.333 e. The fourth-order valence-corrected chi connectivity index (χ4v) is 3.89. The van der Waals surface area contributed by atoms with Crippen LogP contribution in [-0.2, 0) is 20.9 Å². The maximum absolute atomic E-state index is 12.9. The lowest BCUT2D eigenvalue weighted by Gasteiger charge is -2.32. The number of rotatable bonds is 8. The summed E-state index contributed by atoms with van der Waals surface area (Å²) in [6.45, 7) is 2.39. The Kier molecular flexibility index (Phi) is 7.89. The zero-order valence-corrected chi connectivity index (χ0v) is 18.3. The predicted molar refractivity (Wildman–Crippen MR) is 117 cm³/mol. The van der Waals surface area contributed by atoms with Gasteiger partial charge in [0.1, 0.15) is 0 Å². The summed E-state index contributed by atoms with van der Waals surface area (Å²) in [6, 6.07) is 14.3. The lowest BCUT2D eigenvalue weighted by Crippen LogP contribution is -2.43. The average Bonchev–Trinajstić information content (AvgIpc) is 2.82. The number of esters is 1. The molecule has 166 valence electrons. The molecule has 1 aliphatic rings. The molecule has 7 nitrogen and oxygen atoms in total. The number of carbonyl (C=O) groups excluding carboxylic acids is 2. The van der Waals surface area contributed by atoms with Crippen molar-refractivity contribution in [2.24, 2.45) is 5.92 Å². The van der Waals surface area contributed by atoms with E-state index in [1.165, 1.54) is 7.11 Å². The van der Waals surface area contributed by atoms with E-state index in [1.54, 1.807) is 14.2 Å². The fourth-order valence-electron chi connectivity index (χ4n) is 3.89. The van der Waals surface area contributed by atoms with Gasteiger partial charge in [-0.05, 0) is 49.2 Å². The summed E-state index contributed by atoms with van der Waals surface area (Å²) in [4.78, 5) is 27.4. The SMILES string of the molecule is COC(=O)C(NC(=O)C1CCN(Cc2ccc(OC)c(OC)c2)CC1)c1ccccc1. The van der Waals surface area contributed by atoms with Gasteiger partial charge >= 0.3 is 5.97 Å². The molecule has 2 aromatic rings. The number of carbonyl (C=O) groups is 2. The first-order chi connectivity index (χ1) is 15.0. The molecule has 0 saturated carbocycles. The molecule has 1 heterocycles. The molecule has 1 saturated heterocycles. The normalized spacial score (nSPS) is 15.7. The highest BCUT2D eigenvalue weighted by atomic mass is 16.5. The van der Waals surface area contributed by atoms with Crippen molar-refractivity contribution in [2.75, 3.05) is 34.4 Å². The number of likely N-dealkylation sites (tertiary alicyclic amines) is 1. The summed E-state index contributed by atoms with van der Waals surface area (Å²) in [5.74, 6) is 0.720. The molecule has 2 aromatic carbocycles. The Balaban J connectivity index is 1.56. The molecule has 0 aliphatic carbocycles. The van der Waals surface area contributed by atoms with Gasteiger partial charge in [-0.25, -0.2) is 4.79 Å². The number of ether oxygens (including phenoxy) is 3. The van der Waals surface area contributed by atoms with Crippen molar-refractivity contribution in [3.63, 3.8) is 0 Å². The highest BCUT2D eigenvalue weighted by molar-refractivity contribution is 5.86. The molecule has 3 rings (SSSR count). The Morgan fingerprint density at radius 2 is 1.68 bits per heavy atom. The van der Waals surface area contributed by atoms with Crippen LogP contribution in [0.25, 0.3) is 0 Å². The second-order valence-electron chi connectivity index (χ2n) is 7.62. The van der Waals surface area contributed by atoms with Gasteiger partial charge < -0.3 is 19.5 Å². The summed E-state index contributed by atoms with van der Waals surface area (Å²) in [5, 5.41) is 2.88. The number of benzene rings is 2. The van der Waals surface area contributed by atoms with Crippen molar-refractivity contribution in [1.29, 1.82) is 0 Å². The molecule has 0 bridgehead atoms. The lowest BCUT2D eigenvalue weighted by molar-refractivity contribution is -0.146. The number of nitrogens with zero attached hydrogens (tertiary/aromatic N) is 1. The molecule has 1 N–H and O–H groups in total. The number of methoxy groups -OCH3 is 3. The minimum absolute atomic E-state index is 0.106. The molecule has 1 atom stereocenters. The zero-order valence-electron chi connectivity index (χ0n) is 18.3. The van der Waals surface area contributed by atoms with Gasteiger partial charge in [0.25, 0.3) is 0 Å². The Bertz CT molecular complexity index is 879. The van der Waals surface area contributed by atoms with Crippen molar-refractivity contribution in [3.8, 4) is 11.5 Å². The van der Waals surface area contributed by atoms with Crippen molar-refractivity contribution in [1.82, 2.24) is 10.2 Å². The van der Waals surface area contributed by atoms with Crippen molar-refractivity contribution < 1.29 is 23.8 Å². The number of hydrogen-bond acceptors (Lipinski definition) is 6. The van der Waals surface area contributed by atoms with Crippen LogP contribution in [0.15, 0.2) is 48.5 Å². The molecular formula is C24H30N2O5. The molecular weight excluding hydrogens is 396 g/mol. The van der Waals surface area contributed by atoms with Crippen LogP contribution < -0.4 is 14.8 Å². The summed E-state index contributed by atoms with van der Waals surface area (Å²) in [6.07, 6.45) is 1.48. The van der Waals surface area contributed by atoms with Crippen molar-refractivity contribution >= 4 is 11.9 Å². The van der Waals surface area contributed by atoms with Gasteiger partial charge in [-0.1, -0.05) is 36.4 Å². The summed E-state index contributed by atoms with van der Waals surface area (Å²) >= 11 is 0. The molecule has 1 fully saturated rings. The fraction of sp³-hybridized carbons (Fsp3) is 0.417. The van der Waals surface area contributed by atoms with E-state index in [-0.39, 0.29) is 11.8 Å². The summed E-state index contributed by atoms with van der Waals surface area (Å²) in [5.41, 5.74) is 1.85. The predicted octanol–water partition coefficient (Wildman–Crippen LogP) is 2.95. The van der Waals surface area contributed by atoms with Crippen LogP contribution in [0, 0.1) is 5.92 Å². The summed E-state index contributed by atoms with van der Waals surface area (Å²) < 4.78 is 15.6. The van der Waals surface area contributed by atoms with Gasteiger partial charge in [0, 0.05) is 12.5 Å². The third kappa shape index (κ3) is 5.76. The van der Waals surface area contributed by atoms with Crippen LogP contribution in [0.1, 0.15) is 30.0 Å². The van der Waals surface area contributed by atoms with E-state index < -0.39 is 12.0 Å². The van der Waals surface area contributed by atoms with E-state index in [0.717, 1.165) is 38.0 Å². The third-order valence-corrected chi connectivity index (χ3v) is 5.67. The number of nitrogens with one attached hydrogen (secondary N) is 1. The molecule has 31 heavy (non-hydrogen) atoms. The lowest BCUT2D eigenvalue weighted by atomic mass is 9.94. The second-order valence-corrected chi connectivity index (χ2v) is 7.62. The molecule has 7 heteroatoms. The van der Waals surface area contributed by atoms with E-state index in [1.807, 2.05) is 48.5 Å². The number of amides is 1. The topological polar surface area (TPSA) is 77.1 Å². The monoisotopic (exact) mass is 426 g/mol. The third-order valence-electron chi connectivity index (χ3n) is 5.67. The van der Waals surface area contributed by atoms with Crippen molar-refractivity contribution in [2.45, 2.75) is 25.4 Å². The Labute approximate surface area is 183 Å². The van der Waals surface area contributed by atoms with E-state index >= 15 is 0 Å². The van der Waals surface area contributed by atoms with Crippen LogP contribution in [0.4, 0.5) is 0 Å². The van der Waals surface area contributed by atoms with Crippen LogP contribution >= 0.6 is 0 Å². The van der Waals surface area contributed by atoms with Crippen molar-refractivity contribution in [3.05, 3.63) is 59.7 Å². The minimum Gasteiger partial charge on any atom is -0.493 e. The minimum atomic E-state index is -0.788. The summed E-state index contributed by atoms with van der Waals surface area (Å²) in [7, 11) is 4.58. The Morgan fingerprint density at radius 1 is 1.00 bits per heavy atom. The average molecular weight is 427 g/mol. The molecule has 1 aliphatic heterocycles. The van der Waals surface area contributed by atoms with Gasteiger partial charge in [-0.3, -0.25) is 9.69 Å². The first-order valence-electron chi connectivity index (χ1n) is 10.4. The first-order valence-corrected chi connectivity index (χ1v) is 10.4. The molecule has 0 spiro atoms. The molecule has 1 amide bonds. The first kappa shape index (κ1) is 22.6. The number of piperidine rings is 1. The molecule has 1 unspecified atom stereocenters. The molecule has 0 radical (unpaired) electrons. The van der Waals surface area contributed by atoms with Crippen LogP contribution in [0.3, 0.4) is 0 Å². The highest BCUT2D eigenvalue weighted by Gasteiger charge is 2.30. The Hall–Kier alpha value is -3.06. The number of hydrogen-bond donors (Lipinski definition) is 1. The van der Waals surface area contributed by atoms with Gasteiger partial charge in [0.15, 0.2) is 17.5 Å². The van der Waals surface area contributed by atoms with Crippen LogP contribution in [0.2, 0.25) is 0 Å².